The monoisotopic (exact) mass is 246 g/mol. The molecule has 0 spiro atoms. The van der Waals surface area contributed by atoms with Gasteiger partial charge in [0.1, 0.15) is 0 Å². The van der Waals surface area contributed by atoms with Gasteiger partial charge in [0.05, 0.1) is 0 Å². The van der Waals surface area contributed by atoms with Gasteiger partial charge in [-0.15, -0.1) is 12.4 Å². The van der Waals surface area contributed by atoms with E-state index in [9.17, 15) is 4.79 Å². The Hall–Kier alpha value is -0.280. The van der Waals surface area contributed by atoms with Crippen molar-refractivity contribution in [2.75, 3.05) is 19.6 Å². The zero-order chi connectivity index (χ0) is 10.7. The molecule has 2 fully saturated rings. The molecule has 1 unspecified atom stereocenters. The number of rotatable bonds is 5. The van der Waals surface area contributed by atoms with Crippen LogP contribution in [0.5, 0.6) is 0 Å². The van der Waals surface area contributed by atoms with Crippen LogP contribution < -0.4 is 10.6 Å². The fraction of sp³-hybridized carbons (Fsp3) is 0.917. The Balaban J connectivity index is 0.00000128. The quantitative estimate of drug-likeness (QED) is 0.776. The number of carbonyl (C=O) groups excluding carboxylic acids is 1. The normalized spacial score (nSPS) is 25.9. The van der Waals surface area contributed by atoms with Crippen LogP contribution in [0.15, 0.2) is 0 Å². The van der Waals surface area contributed by atoms with Gasteiger partial charge in [-0.05, 0) is 44.7 Å². The van der Waals surface area contributed by atoms with Gasteiger partial charge in [0.15, 0.2) is 0 Å². The predicted molar refractivity (Wildman–Crippen MR) is 67.8 cm³/mol. The average molecular weight is 247 g/mol. The van der Waals surface area contributed by atoms with Crippen LogP contribution in [0, 0.1) is 11.3 Å². The fourth-order valence-corrected chi connectivity index (χ4v) is 2.53. The van der Waals surface area contributed by atoms with Crippen LogP contribution in [-0.4, -0.2) is 25.5 Å². The second kappa shape index (κ2) is 5.87. The van der Waals surface area contributed by atoms with Crippen molar-refractivity contribution < 1.29 is 4.79 Å². The molecule has 3 nitrogen and oxygen atoms in total. The topological polar surface area (TPSA) is 41.1 Å². The summed E-state index contributed by atoms with van der Waals surface area (Å²) in [5.74, 6) is 0.975. The molecule has 0 aromatic heterocycles. The van der Waals surface area contributed by atoms with E-state index >= 15 is 0 Å². The molecule has 2 aliphatic rings. The van der Waals surface area contributed by atoms with E-state index in [1.54, 1.807) is 0 Å². The summed E-state index contributed by atoms with van der Waals surface area (Å²) in [4.78, 5) is 11.9. The Morgan fingerprint density at radius 3 is 2.75 bits per heavy atom. The molecule has 0 aromatic carbocycles. The number of hydrogen-bond donors (Lipinski definition) is 2. The maximum Gasteiger partial charge on any atom is 0.226 e. The predicted octanol–water partition coefficient (Wildman–Crippen LogP) is 1.71. The van der Waals surface area contributed by atoms with Crippen molar-refractivity contribution in [3.8, 4) is 0 Å². The zero-order valence-electron chi connectivity index (χ0n) is 10.1. The average Bonchev–Trinajstić information content (AvgIpc) is 2.83. The minimum absolute atomic E-state index is 0. The smallest absolute Gasteiger partial charge is 0.226 e. The first-order valence-electron chi connectivity index (χ1n) is 6.26. The summed E-state index contributed by atoms with van der Waals surface area (Å²) in [7, 11) is 0. The van der Waals surface area contributed by atoms with E-state index in [0.717, 1.165) is 45.3 Å². The minimum atomic E-state index is 0. The molecular weight excluding hydrogens is 224 g/mol. The van der Waals surface area contributed by atoms with E-state index in [1.807, 2.05) is 0 Å². The summed E-state index contributed by atoms with van der Waals surface area (Å²) in [6.45, 7) is 5.22. The van der Waals surface area contributed by atoms with Crippen LogP contribution >= 0.6 is 12.4 Å². The molecular formula is C12H23ClN2O. The van der Waals surface area contributed by atoms with Crippen molar-refractivity contribution in [1.29, 1.82) is 0 Å². The molecule has 0 aromatic rings. The first-order valence-corrected chi connectivity index (χ1v) is 6.26. The molecule has 1 saturated carbocycles. The third-order valence-corrected chi connectivity index (χ3v) is 3.78. The maximum absolute atomic E-state index is 11.9. The molecule has 1 amide bonds. The van der Waals surface area contributed by atoms with Gasteiger partial charge in [0.2, 0.25) is 5.91 Å². The van der Waals surface area contributed by atoms with Gasteiger partial charge >= 0.3 is 0 Å². The Bertz CT molecular complexity index is 235. The van der Waals surface area contributed by atoms with Crippen LogP contribution in [0.2, 0.25) is 0 Å². The number of halogens is 1. The highest BCUT2D eigenvalue weighted by atomic mass is 35.5. The molecule has 94 valence electrons. The van der Waals surface area contributed by atoms with Crippen molar-refractivity contribution in [3.05, 3.63) is 0 Å². The second-order valence-corrected chi connectivity index (χ2v) is 5.10. The van der Waals surface area contributed by atoms with Gasteiger partial charge < -0.3 is 10.6 Å². The van der Waals surface area contributed by atoms with Gasteiger partial charge in [0, 0.05) is 12.0 Å². The first kappa shape index (κ1) is 13.8. The van der Waals surface area contributed by atoms with Gasteiger partial charge in [-0.2, -0.15) is 0 Å². The summed E-state index contributed by atoms with van der Waals surface area (Å²) in [6.07, 6.45) is 5.62. The molecule has 1 atom stereocenters. The van der Waals surface area contributed by atoms with Crippen LogP contribution in [0.1, 0.15) is 39.0 Å². The highest BCUT2D eigenvalue weighted by Gasteiger charge is 2.48. The summed E-state index contributed by atoms with van der Waals surface area (Å²) >= 11 is 0. The van der Waals surface area contributed by atoms with E-state index < -0.39 is 0 Å². The Labute approximate surface area is 104 Å². The summed E-state index contributed by atoms with van der Waals surface area (Å²) in [5.41, 5.74) is 0.0424. The van der Waals surface area contributed by atoms with Crippen molar-refractivity contribution >= 4 is 18.3 Å². The second-order valence-electron chi connectivity index (χ2n) is 5.10. The molecule has 16 heavy (non-hydrogen) atoms. The number of carbonyl (C=O) groups is 1. The molecule has 1 aliphatic carbocycles. The molecule has 1 heterocycles. The van der Waals surface area contributed by atoms with Gasteiger partial charge in [-0.25, -0.2) is 0 Å². The molecule has 2 rings (SSSR count). The van der Waals surface area contributed by atoms with Crippen molar-refractivity contribution in [3.63, 3.8) is 0 Å². The zero-order valence-corrected chi connectivity index (χ0v) is 10.9. The summed E-state index contributed by atoms with van der Waals surface area (Å²) in [5, 5.41) is 6.46. The third kappa shape index (κ3) is 3.11. The lowest BCUT2D eigenvalue weighted by atomic mass is 9.99. The molecule has 1 saturated heterocycles. The lowest BCUT2D eigenvalue weighted by Gasteiger charge is -2.16. The van der Waals surface area contributed by atoms with E-state index in [1.165, 1.54) is 6.42 Å². The van der Waals surface area contributed by atoms with Crippen molar-refractivity contribution in [1.82, 2.24) is 10.6 Å². The Morgan fingerprint density at radius 2 is 2.25 bits per heavy atom. The summed E-state index contributed by atoms with van der Waals surface area (Å²) in [6, 6.07) is 0. The Morgan fingerprint density at radius 1 is 1.50 bits per heavy atom. The van der Waals surface area contributed by atoms with E-state index in [-0.39, 0.29) is 17.8 Å². The standard InChI is InChI=1S/C12H22N2O.ClH/c1-2-4-12(5-6-12)11(15)14-9-10-3-7-13-8-10;/h10,13H,2-9H2,1H3,(H,14,15);1H. The third-order valence-electron chi connectivity index (χ3n) is 3.78. The maximum atomic E-state index is 11.9. The van der Waals surface area contributed by atoms with Crippen molar-refractivity contribution in [2.24, 2.45) is 11.3 Å². The lowest BCUT2D eigenvalue weighted by molar-refractivity contribution is -0.126. The SMILES string of the molecule is CCCC1(C(=O)NCC2CCNC2)CC1.Cl. The molecule has 1 aliphatic heterocycles. The van der Waals surface area contributed by atoms with E-state index in [0.29, 0.717) is 11.8 Å². The molecule has 0 bridgehead atoms. The van der Waals surface area contributed by atoms with Crippen LogP contribution in [-0.2, 0) is 4.79 Å². The van der Waals surface area contributed by atoms with E-state index in [4.69, 9.17) is 0 Å². The van der Waals surface area contributed by atoms with Crippen LogP contribution in [0.3, 0.4) is 0 Å². The molecule has 4 heteroatoms. The first-order chi connectivity index (χ1) is 7.27. The highest BCUT2D eigenvalue weighted by Crippen LogP contribution is 2.49. The molecule has 0 radical (unpaired) electrons. The number of hydrogen-bond acceptors (Lipinski definition) is 2. The lowest BCUT2D eigenvalue weighted by Crippen LogP contribution is -2.36. The van der Waals surface area contributed by atoms with Gasteiger partial charge in [-0.1, -0.05) is 13.3 Å². The van der Waals surface area contributed by atoms with Crippen molar-refractivity contribution in [2.45, 2.75) is 39.0 Å². The summed E-state index contributed by atoms with van der Waals surface area (Å²) < 4.78 is 0. The largest absolute Gasteiger partial charge is 0.355 e. The van der Waals surface area contributed by atoms with Crippen LogP contribution in [0.25, 0.3) is 0 Å². The van der Waals surface area contributed by atoms with E-state index in [2.05, 4.69) is 17.6 Å². The van der Waals surface area contributed by atoms with Crippen LogP contribution in [0.4, 0.5) is 0 Å². The fourth-order valence-electron chi connectivity index (χ4n) is 2.53. The number of amides is 1. The van der Waals surface area contributed by atoms with Gasteiger partial charge in [0.25, 0.3) is 0 Å². The Kier molecular flexibility index (Phi) is 5.06. The van der Waals surface area contributed by atoms with Gasteiger partial charge in [-0.3, -0.25) is 4.79 Å². The number of nitrogens with one attached hydrogen (secondary N) is 2. The molecule has 2 N–H and O–H groups in total. The minimum Gasteiger partial charge on any atom is -0.355 e. The highest BCUT2D eigenvalue weighted by molar-refractivity contribution is 5.85.